The zero-order valence-electron chi connectivity index (χ0n) is 6.60. The number of thiol groups is 1. The Morgan fingerprint density at radius 3 is 2.75 bits per heavy atom. The summed E-state index contributed by atoms with van der Waals surface area (Å²) in [5.74, 6) is 1.56. The Morgan fingerprint density at radius 1 is 1.50 bits per heavy atom. The average Bonchev–Trinajstić information content (AvgIpc) is 2.16. The standard InChI is InChI=1S/C8H10N2S2/c1-7(5-11)6-12-8-9-3-2-4-10-8/h2-4,11H,1,5-6H2. The molecular weight excluding hydrogens is 188 g/mol. The third-order valence-corrected chi connectivity index (χ3v) is 2.64. The van der Waals surface area contributed by atoms with Crippen molar-refractivity contribution >= 4 is 24.4 Å². The van der Waals surface area contributed by atoms with E-state index >= 15 is 0 Å². The lowest BCUT2D eigenvalue weighted by Crippen LogP contribution is -1.89. The van der Waals surface area contributed by atoms with E-state index in [1.807, 2.05) is 0 Å². The number of rotatable bonds is 4. The van der Waals surface area contributed by atoms with Gasteiger partial charge in [0.15, 0.2) is 5.16 Å². The molecule has 0 N–H and O–H groups in total. The summed E-state index contributed by atoms with van der Waals surface area (Å²) in [6.07, 6.45) is 3.47. The largest absolute Gasteiger partial charge is 0.231 e. The van der Waals surface area contributed by atoms with Crippen molar-refractivity contribution in [1.29, 1.82) is 0 Å². The highest BCUT2D eigenvalue weighted by Gasteiger charge is 1.96. The van der Waals surface area contributed by atoms with E-state index in [1.165, 1.54) is 0 Å². The monoisotopic (exact) mass is 198 g/mol. The van der Waals surface area contributed by atoms with Crippen molar-refractivity contribution in [3.8, 4) is 0 Å². The fourth-order valence-electron chi connectivity index (χ4n) is 0.572. The molecule has 0 bridgehead atoms. The van der Waals surface area contributed by atoms with Gasteiger partial charge in [0.25, 0.3) is 0 Å². The highest BCUT2D eigenvalue weighted by Crippen LogP contribution is 2.14. The maximum atomic E-state index is 4.11. The second kappa shape index (κ2) is 5.22. The van der Waals surface area contributed by atoms with Gasteiger partial charge in [-0.15, -0.1) is 0 Å². The van der Waals surface area contributed by atoms with Crippen LogP contribution in [-0.4, -0.2) is 21.5 Å². The Hall–Kier alpha value is -0.480. The van der Waals surface area contributed by atoms with Crippen LogP contribution in [-0.2, 0) is 0 Å². The van der Waals surface area contributed by atoms with Gasteiger partial charge in [0.2, 0.25) is 0 Å². The van der Waals surface area contributed by atoms with Gasteiger partial charge < -0.3 is 0 Å². The number of hydrogen-bond acceptors (Lipinski definition) is 4. The van der Waals surface area contributed by atoms with E-state index in [-0.39, 0.29) is 0 Å². The molecule has 0 unspecified atom stereocenters. The van der Waals surface area contributed by atoms with Crippen LogP contribution < -0.4 is 0 Å². The van der Waals surface area contributed by atoms with Crippen LogP contribution in [0.25, 0.3) is 0 Å². The number of aromatic nitrogens is 2. The van der Waals surface area contributed by atoms with Gasteiger partial charge in [0.1, 0.15) is 0 Å². The SMILES string of the molecule is C=C(CS)CSc1ncccn1. The van der Waals surface area contributed by atoms with E-state index < -0.39 is 0 Å². The molecule has 0 fully saturated rings. The van der Waals surface area contributed by atoms with E-state index in [1.54, 1.807) is 30.2 Å². The van der Waals surface area contributed by atoms with E-state index in [4.69, 9.17) is 0 Å². The summed E-state index contributed by atoms with van der Waals surface area (Å²) in [6.45, 7) is 3.84. The molecule has 0 spiro atoms. The Labute approximate surface area is 81.9 Å². The van der Waals surface area contributed by atoms with Crippen molar-refractivity contribution in [2.75, 3.05) is 11.5 Å². The summed E-state index contributed by atoms with van der Waals surface area (Å²) in [4.78, 5) is 8.14. The fraction of sp³-hybridized carbons (Fsp3) is 0.250. The molecule has 0 saturated heterocycles. The van der Waals surface area contributed by atoms with Crippen molar-refractivity contribution in [3.63, 3.8) is 0 Å². The van der Waals surface area contributed by atoms with Crippen LogP contribution in [0, 0.1) is 0 Å². The minimum Gasteiger partial charge on any atom is -0.231 e. The van der Waals surface area contributed by atoms with Gasteiger partial charge in [-0.25, -0.2) is 9.97 Å². The molecule has 1 aromatic heterocycles. The summed E-state index contributed by atoms with van der Waals surface area (Å²) in [7, 11) is 0. The van der Waals surface area contributed by atoms with Crippen LogP contribution in [0.5, 0.6) is 0 Å². The molecule has 0 aliphatic heterocycles. The number of hydrogen-bond donors (Lipinski definition) is 1. The second-order valence-electron chi connectivity index (χ2n) is 2.23. The first kappa shape index (κ1) is 9.61. The van der Waals surface area contributed by atoms with E-state index in [9.17, 15) is 0 Å². The normalized spacial score (nSPS) is 9.75. The molecule has 2 nitrogen and oxygen atoms in total. The van der Waals surface area contributed by atoms with Crippen molar-refractivity contribution in [1.82, 2.24) is 9.97 Å². The zero-order valence-corrected chi connectivity index (χ0v) is 8.31. The first-order valence-corrected chi connectivity index (χ1v) is 5.12. The van der Waals surface area contributed by atoms with E-state index in [2.05, 4.69) is 29.2 Å². The molecule has 1 aromatic rings. The molecule has 0 saturated carbocycles. The van der Waals surface area contributed by atoms with E-state index in [0.29, 0.717) is 0 Å². The van der Waals surface area contributed by atoms with Gasteiger partial charge in [-0.3, -0.25) is 0 Å². The fourth-order valence-corrected chi connectivity index (χ4v) is 1.54. The Kier molecular flexibility index (Phi) is 4.18. The van der Waals surface area contributed by atoms with E-state index in [0.717, 1.165) is 22.2 Å². The highest BCUT2D eigenvalue weighted by atomic mass is 32.2. The smallest absolute Gasteiger partial charge is 0.187 e. The Bertz CT molecular complexity index is 248. The summed E-state index contributed by atoms with van der Waals surface area (Å²) in [6, 6.07) is 1.80. The van der Waals surface area contributed by atoms with Gasteiger partial charge in [-0.2, -0.15) is 12.6 Å². The molecule has 0 atom stereocenters. The maximum Gasteiger partial charge on any atom is 0.187 e. The van der Waals surface area contributed by atoms with Gasteiger partial charge in [0.05, 0.1) is 0 Å². The van der Waals surface area contributed by atoms with Crippen LogP contribution in [0.4, 0.5) is 0 Å². The lowest BCUT2D eigenvalue weighted by molar-refractivity contribution is 0.968. The zero-order chi connectivity index (χ0) is 8.81. The third-order valence-electron chi connectivity index (χ3n) is 1.17. The quantitative estimate of drug-likeness (QED) is 0.347. The molecule has 0 amide bonds. The van der Waals surface area contributed by atoms with Crippen LogP contribution >= 0.6 is 24.4 Å². The summed E-state index contributed by atoms with van der Waals surface area (Å²) in [5.41, 5.74) is 1.09. The molecule has 0 radical (unpaired) electrons. The number of thioether (sulfide) groups is 1. The molecule has 4 heteroatoms. The van der Waals surface area contributed by atoms with Gasteiger partial charge in [-0.1, -0.05) is 23.9 Å². The lowest BCUT2D eigenvalue weighted by Gasteiger charge is -1.99. The van der Waals surface area contributed by atoms with Crippen molar-refractivity contribution in [2.45, 2.75) is 5.16 Å². The maximum absolute atomic E-state index is 4.11. The predicted octanol–water partition coefficient (Wildman–Crippen LogP) is 2.05. The Balaban J connectivity index is 2.38. The van der Waals surface area contributed by atoms with Crippen LogP contribution in [0.1, 0.15) is 0 Å². The van der Waals surface area contributed by atoms with Crippen molar-refractivity contribution in [3.05, 3.63) is 30.6 Å². The molecule has 64 valence electrons. The van der Waals surface area contributed by atoms with Gasteiger partial charge >= 0.3 is 0 Å². The molecule has 0 aliphatic rings. The minimum absolute atomic E-state index is 0.722. The molecular formula is C8H10N2S2. The molecule has 12 heavy (non-hydrogen) atoms. The van der Waals surface area contributed by atoms with Crippen LogP contribution in [0.15, 0.2) is 35.8 Å². The summed E-state index contributed by atoms with van der Waals surface area (Å²) in [5, 5.41) is 0.792. The molecule has 1 rings (SSSR count). The van der Waals surface area contributed by atoms with Crippen LogP contribution in [0.3, 0.4) is 0 Å². The highest BCUT2D eigenvalue weighted by molar-refractivity contribution is 7.99. The third kappa shape index (κ3) is 3.28. The molecule has 0 aliphatic carbocycles. The van der Waals surface area contributed by atoms with Crippen molar-refractivity contribution in [2.24, 2.45) is 0 Å². The van der Waals surface area contributed by atoms with Crippen molar-refractivity contribution < 1.29 is 0 Å². The van der Waals surface area contributed by atoms with Crippen LogP contribution in [0.2, 0.25) is 0 Å². The molecule has 0 aromatic carbocycles. The minimum atomic E-state index is 0.722. The second-order valence-corrected chi connectivity index (χ2v) is 3.49. The number of nitrogens with zero attached hydrogens (tertiary/aromatic N) is 2. The molecule has 1 heterocycles. The first-order chi connectivity index (χ1) is 5.83. The first-order valence-electron chi connectivity index (χ1n) is 3.50. The summed E-state index contributed by atoms with van der Waals surface area (Å²) >= 11 is 5.69. The van der Waals surface area contributed by atoms with Gasteiger partial charge in [-0.05, 0) is 6.07 Å². The predicted molar refractivity (Wildman–Crippen MR) is 55.7 cm³/mol. The Morgan fingerprint density at radius 2 is 2.17 bits per heavy atom. The average molecular weight is 198 g/mol. The van der Waals surface area contributed by atoms with Gasteiger partial charge in [0, 0.05) is 23.9 Å². The summed E-state index contributed by atoms with van der Waals surface area (Å²) < 4.78 is 0. The lowest BCUT2D eigenvalue weighted by atomic mass is 10.4. The topological polar surface area (TPSA) is 25.8 Å².